The third-order valence-corrected chi connectivity index (χ3v) is 4.65. The third kappa shape index (κ3) is 2.78. The average molecular weight is 340 g/mol. The van der Waals surface area contributed by atoms with E-state index in [0.29, 0.717) is 12.2 Å². The Labute approximate surface area is 145 Å². The van der Waals surface area contributed by atoms with Crippen molar-refractivity contribution in [3.05, 3.63) is 53.0 Å². The van der Waals surface area contributed by atoms with Gasteiger partial charge in [0.15, 0.2) is 5.76 Å². The summed E-state index contributed by atoms with van der Waals surface area (Å²) in [6.45, 7) is 0.620. The van der Waals surface area contributed by atoms with Crippen LogP contribution in [0.3, 0.4) is 0 Å². The van der Waals surface area contributed by atoms with E-state index in [1.807, 2.05) is 18.2 Å². The molecule has 0 saturated carbocycles. The normalized spacial score (nSPS) is 12.6. The number of rotatable bonds is 5. The Balaban J connectivity index is 1.66. The number of aliphatic hydroxyl groups excluding tert-OH is 1. The van der Waals surface area contributed by atoms with Gasteiger partial charge in [-0.3, -0.25) is 0 Å². The predicted octanol–water partition coefficient (Wildman–Crippen LogP) is 2.80. The van der Waals surface area contributed by atoms with Crippen molar-refractivity contribution in [3.63, 3.8) is 0 Å². The quantitative estimate of drug-likeness (QED) is 0.773. The maximum Gasteiger partial charge on any atom is 0.172 e. The van der Waals surface area contributed by atoms with Crippen LogP contribution in [0.1, 0.15) is 22.4 Å². The lowest BCUT2D eigenvalue weighted by Gasteiger charge is -2.09. The number of hydrogen-bond donors (Lipinski definition) is 1. The Morgan fingerprint density at radius 3 is 2.56 bits per heavy atom. The van der Waals surface area contributed by atoms with Crippen LogP contribution in [0.25, 0.3) is 11.3 Å². The largest absolute Gasteiger partial charge is 0.497 e. The first-order valence-corrected chi connectivity index (χ1v) is 8.21. The molecule has 6 nitrogen and oxygen atoms in total. The van der Waals surface area contributed by atoms with Crippen molar-refractivity contribution < 1.29 is 19.1 Å². The minimum absolute atomic E-state index is 0.0848. The number of ether oxygens (including phenoxy) is 2. The molecular formula is C19H20N2O4. The third-order valence-electron chi connectivity index (χ3n) is 4.65. The standard InChI is InChI=1S/C19H20N2O4/c1-23-14-5-12(6-15(7-14)24-2)8-21-9-13-3-4-16-18(11-22)20-25-19(16)17(13)10-21/h5-7,9-10,22H,3-4,8,11H2,1-2H3. The number of benzene rings is 1. The van der Waals surface area contributed by atoms with E-state index < -0.39 is 0 Å². The molecule has 0 fully saturated rings. The second kappa shape index (κ2) is 6.29. The highest BCUT2D eigenvalue weighted by molar-refractivity contribution is 5.68. The first-order valence-electron chi connectivity index (χ1n) is 8.21. The summed E-state index contributed by atoms with van der Waals surface area (Å²) in [5.41, 5.74) is 5.06. The molecule has 0 radical (unpaired) electrons. The summed E-state index contributed by atoms with van der Waals surface area (Å²) in [4.78, 5) is 0. The number of hydrogen-bond acceptors (Lipinski definition) is 5. The summed E-state index contributed by atoms with van der Waals surface area (Å²) in [5, 5.41) is 13.4. The van der Waals surface area contributed by atoms with Gasteiger partial charge in [0.1, 0.15) is 17.2 Å². The zero-order valence-electron chi connectivity index (χ0n) is 14.3. The maximum atomic E-state index is 9.38. The van der Waals surface area contributed by atoms with Crippen LogP contribution in [0.15, 0.2) is 35.1 Å². The fraction of sp³-hybridized carbons (Fsp3) is 0.316. The van der Waals surface area contributed by atoms with Crippen LogP contribution in [-0.4, -0.2) is 29.0 Å². The highest BCUT2D eigenvalue weighted by Gasteiger charge is 2.25. The van der Waals surface area contributed by atoms with Crippen LogP contribution in [-0.2, 0) is 26.0 Å². The van der Waals surface area contributed by atoms with Crippen LogP contribution in [0, 0.1) is 0 Å². The summed E-state index contributed by atoms with van der Waals surface area (Å²) in [7, 11) is 3.30. The van der Waals surface area contributed by atoms with E-state index >= 15 is 0 Å². The maximum absolute atomic E-state index is 9.38. The Bertz CT molecular complexity index is 888. The van der Waals surface area contributed by atoms with Gasteiger partial charge in [-0.2, -0.15) is 0 Å². The van der Waals surface area contributed by atoms with Crippen molar-refractivity contribution in [2.24, 2.45) is 0 Å². The van der Waals surface area contributed by atoms with Crippen LogP contribution in [0.2, 0.25) is 0 Å². The molecule has 0 aliphatic heterocycles. The molecule has 0 bridgehead atoms. The summed E-state index contributed by atoms with van der Waals surface area (Å²) >= 11 is 0. The van der Waals surface area contributed by atoms with E-state index in [0.717, 1.165) is 46.8 Å². The fourth-order valence-electron chi connectivity index (χ4n) is 3.41. The van der Waals surface area contributed by atoms with Gasteiger partial charge in [-0.15, -0.1) is 0 Å². The molecule has 0 unspecified atom stereocenters. The lowest BCUT2D eigenvalue weighted by Crippen LogP contribution is -2.01. The molecule has 2 aromatic heterocycles. The molecule has 6 heteroatoms. The molecule has 4 rings (SSSR count). The number of methoxy groups -OCH3 is 2. The Kier molecular flexibility index (Phi) is 3.97. The Morgan fingerprint density at radius 1 is 1.12 bits per heavy atom. The molecule has 1 aliphatic rings. The lowest BCUT2D eigenvalue weighted by molar-refractivity contribution is 0.266. The number of fused-ring (bicyclic) bond motifs is 3. The van der Waals surface area contributed by atoms with Crippen molar-refractivity contribution >= 4 is 0 Å². The Hall–Kier alpha value is -2.73. The van der Waals surface area contributed by atoms with Gasteiger partial charge >= 0.3 is 0 Å². The van der Waals surface area contributed by atoms with E-state index in [4.69, 9.17) is 14.0 Å². The van der Waals surface area contributed by atoms with Gasteiger partial charge in [0, 0.05) is 36.1 Å². The first-order chi connectivity index (χ1) is 12.2. The van der Waals surface area contributed by atoms with Crippen molar-refractivity contribution in [1.29, 1.82) is 0 Å². The summed E-state index contributed by atoms with van der Waals surface area (Å²) in [6, 6.07) is 5.87. The molecular weight excluding hydrogens is 320 g/mol. The van der Waals surface area contributed by atoms with E-state index in [2.05, 4.69) is 22.1 Å². The summed E-state index contributed by atoms with van der Waals surface area (Å²) in [6.07, 6.45) is 5.99. The van der Waals surface area contributed by atoms with E-state index in [-0.39, 0.29) is 6.61 Å². The summed E-state index contributed by atoms with van der Waals surface area (Å²) in [5.74, 6) is 2.33. The first kappa shape index (κ1) is 15.8. The van der Waals surface area contributed by atoms with Crippen LogP contribution < -0.4 is 9.47 Å². The fourth-order valence-corrected chi connectivity index (χ4v) is 3.41. The van der Waals surface area contributed by atoms with Crippen molar-refractivity contribution in [1.82, 2.24) is 9.72 Å². The molecule has 0 amide bonds. The topological polar surface area (TPSA) is 69.7 Å². The zero-order chi connectivity index (χ0) is 17.4. The second-order valence-corrected chi connectivity index (χ2v) is 6.19. The molecule has 130 valence electrons. The van der Waals surface area contributed by atoms with Gasteiger partial charge in [0.2, 0.25) is 0 Å². The Morgan fingerprint density at radius 2 is 1.88 bits per heavy atom. The van der Waals surface area contributed by atoms with Crippen LogP contribution in [0.5, 0.6) is 11.5 Å². The number of nitrogens with zero attached hydrogens (tertiary/aromatic N) is 2. The molecule has 1 N–H and O–H groups in total. The highest BCUT2D eigenvalue weighted by Crippen LogP contribution is 2.36. The molecule has 0 saturated heterocycles. The van der Waals surface area contributed by atoms with Crippen molar-refractivity contribution in [2.45, 2.75) is 26.0 Å². The van der Waals surface area contributed by atoms with E-state index in [1.165, 1.54) is 5.56 Å². The molecule has 0 atom stereocenters. The van der Waals surface area contributed by atoms with Gasteiger partial charge in [-0.25, -0.2) is 0 Å². The SMILES string of the molecule is COc1cc(Cn2cc3c(c2)-c2onc(CO)c2CC3)cc(OC)c1. The smallest absolute Gasteiger partial charge is 0.172 e. The van der Waals surface area contributed by atoms with E-state index in [1.54, 1.807) is 14.2 Å². The monoisotopic (exact) mass is 340 g/mol. The average Bonchev–Trinajstić information content (AvgIpc) is 3.23. The zero-order valence-corrected chi connectivity index (χ0v) is 14.3. The van der Waals surface area contributed by atoms with Crippen LogP contribution >= 0.6 is 0 Å². The van der Waals surface area contributed by atoms with Gasteiger partial charge < -0.3 is 23.7 Å². The van der Waals surface area contributed by atoms with Crippen LogP contribution in [0.4, 0.5) is 0 Å². The second-order valence-electron chi connectivity index (χ2n) is 6.19. The van der Waals surface area contributed by atoms with Gasteiger partial charge in [0.25, 0.3) is 0 Å². The minimum Gasteiger partial charge on any atom is -0.497 e. The molecule has 1 aliphatic carbocycles. The molecule has 1 aromatic carbocycles. The van der Waals surface area contributed by atoms with Gasteiger partial charge in [-0.1, -0.05) is 5.16 Å². The number of aliphatic hydroxyl groups is 1. The minimum atomic E-state index is -0.0848. The van der Waals surface area contributed by atoms with Gasteiger partial charge in [-0.05, 0) is 36.1 Å². The van der Waals surface area contributed by atoms with E-state index in [9.17, 15) is 5.11 Å². The molecule has 2 heterocycles. The number of aromatic nitrogens is 2. The number of aryl methyl sites for hydroxylation is 1. The van der Waals surface area contributed by atoms with Gasteiger partial charge in [0.05, 0.1) is 20.8 Å². The molecule has 0 spiro atoms. The van der Waals surface area contributed by atoms with Crippen molar-refractivity contribution in [2.75, 3.05) is 14.2 Å². The predicted molar refractivity (Wildman–Crippen MR) is 91.9 cm³/mol. The molecule has 3 aromatic rings. The molecule has 25 heavy (non-hydrogen) atoms. The van der Waals surface area contributed by atoms with Crippen molar-refractivity contribution in [3.8, 4) is 22.8 Å². The highest BCUT2D eigenvalue weighted by atomic mass is 16.5. The lowest BCUT2D eigenvalue weighted by atomic mass is 9.93. The summed E-state index contributed by atoms with van der Waals surface area (Å²) < 4.78 is 18.3.